The summed E-state index contributed by atoms with van der Waals surface area (Å²) in [6.07, 6.45) is 1.11. The summed E-state index contributed by atoms with van der Waals surface area (Å²) >= 11 is 0. The quantitative estimate of drug-likeness (QED) is 0.861. The first-order chi connectivity index (χ1) is 7.36. The molecule has 0 aliphatic carbocycles. The number of hydrogen-bond acceptors (Lipinski definition) is 3. The molecular formula is C10H13NO4S. The number of carboxylic acids is 1. The average molecular weight is 243 g/mol. The fraction of sp³-hybridized carbons (Fsp3) is 0.300. The lowest BCUT2D eigenvalue weighted by Gasteiger charge is -2.20. The van der Waals surface area contributed by atoms with Gasteiger partial charge in [-0.05, 0) is 31.2 Å². The van der Waals surface area contributed by atoms with Crippen LogP contribution in [0.2, 0.25) is 0 Å². The van der Waals surface area contributed by atoms with Gasteiger partial charge in [0.15, 0.2) is 0 Å². The summed E-state index contributed by atoms with van der Waals surface area (Å²) in [5.41, 5.74) is 0.600. The smallest absolute Gasteiger partial charge is 0.335 e. The molecule has 0 radical (unpaired) electrons. The molecule has 1 aromatic rings. The van der Waals surface area contributed by atoms with Crippen LogP contribution in [0.1, 0.15) is 17.3 Å². The van der Waals surface area contributed by atoms with Crippen LogP contribution in [0.25, 0.3) is 0 Å². The Hall–Kier alpha value is -1.56. The highest BCUT2D eigenvalue weighted by Crippen LogP contribution is 2.17. The third kappa shape index (κ3) is 2.73. The Morgan fingerprint density at radius 3 is 2.12 bits per heavy atom. The maximum absolute atomic E-state index is 11.4. The van der Waals surface area contributed by atoms with E-state index in [0.717, 1.165) is 6.26 Å². The first-order valence-corrected chi connectivity index (χ1v) is 6.52. The molecule has 0 atom stereocenters. The van der Waals surface area contributed by atoms with Crippen molar-refractivity contribution in [3.8, 4) is 0 Å². The normalized spacial score (nSPS) is 11.1. The Balaban J connectivity index is 3.10. The van der Waals surface area contributed by atoms with Crippen molar-refractivity contribution in [1.29, 1.82) is 0 Å². The Bertz CT molecular complexity index is 478. The van der Waals surface area contributed by atoms with Crippen LogP contribution in [-0.4, -0.2) is 32.3 Å². The average Bonchev–Trinajstić information content (AvgIpc) is 2.17. The molecule has 0 aliphatic heterocycles. The number of sulfonamides is 1. The molecule has 1 N–H and O–H groups in total. The van der Waals surface area contributed by atoms with E-state index in [4.69, 9.17) is 5.11 Å². The molecule has 5 nitrogen and oxygen atoms in total. The van der Waals surface area contributed by atoms with E-state index in [1.165, 1.54) is 28.6 Å². The van der Waals surface area contributed by atoms with Crippen molar-refractivity contribution in [3.63, 3.8) is 0 Å². The predicted octanol–water partition coefficient (Wildman–Crippen LogP) is 1.17. The van der Waals surface area contributed by atoms with Crippen LogP contribution in [0.15, 0.2) is 24.3 Å². The highest BCUT2D eigenvalue weighted by Gasteiger charge is 2.15. The molecule has 0 fully saturated rings. The van der Waals surface area contributed by atoms with E-state index in [0.29, 0.717) is 12.2 Å². The number of carbonyl (C=O) groups is 1. The van der Waals surface area contributed by atoms with Gasteiger partial charge in [0.2, 0.25) is 10.0 Å². The molecule has 88 valence electrons. The number of nitrogens with zero attached hydrogens (tertiary/aromatic N) is 1. The molecule has 1 rings (SSSR count). The van der Waals surface area contributed by atoms with Crippen LogP contribution in [0, 0.1) is 0 Å². The highest BCUT2D eigenvalue weighted by molar-refractivity contribution is 7.92. The molecule has 0 unspecified atom stereocenters. The number of benzene rings is 1. The minimum atomic E-state index is -3.32. The summed E-state index contributed by atoms with van der Waals surface area (Å²) in [4.78, 5) is 10.6. The third-order valence-corrected chi connectivity index (χ3v) is 3.36. The van der Waals surface area contributed by atoms with Crippen LogP contribution in [0.5, 0.6) is 0 Å². The van der Waals surface area contributed by atoms with E-state index >= 15 is 0 Å². The van der Waals surface area contributed by atoms with Gasteiger partial charge in [-0.25, -0.2) is 13.2 Å². The Labute approximate surface area is 94.4 Å². The van der Waals surface area contributed by atoms with Gasteiger partial charge in [-0.15, -0.1) is 0 Å². The third-order valence-electron chi connectivity index (χ3n) is 2.09. The molecule has 0 saturated carbocycles. The fourth-order valence-corrected chi connectivity index (χ4v) is 2.35. The van der Waals surface area contributed by atoms with Crippen molar-refractivity contribution in [3.05, 3.63) is 29.8 Å². The van der Waals surface area contributed by atoms with E-state index in [1.54, 1.807) is 6.92 Å². The van der Waals surface area contributed by atoms with Crippen molar-refractivity contribution in [2.24, 2.45) is 0 Å². The number of carboxylic acid groups (broad SMARTS) is 1. The summed E-state index contributed by atoms with van der Waals surface area (Å²) in [5, 5.41) is 8.70. The lowest BCUT2D eigenvalue weighted by Crippen LogP contribution is -2.29. The van der Waals surface area contributed by atoms with Crippen LogP contribution in [0.3, 0.4) is 0 Å². The summed E-state index contributed by atoms with van der Waals surface area (Å²) < 4.78 is 24.0. The standard InChI is InChI=1S/C10H13NO4S/c1-3-11(16(2,14)15)9-6-4-8(5-7-9)10(12)13/h4-7H,3H2,1-2H3,(H,12,13). The van der Waals surface area contributed by atoms with Crippen LogP contribution in [-0.2, 0) is 10.0 Å². The van der Waals surface area contributed by atoms with Gasteiger partial charge in [0.1, 0.15) is 0 Å². The molecule has 0 aliphatic rings. The number of rotatable bonds is 4. The first-order valence-electron chi connectivity index (χ1n) is 4.67. The van der Waals surface area contributed by atoms with Gasteiger partial charge in [-0.1, -0.05) is 0 Å². The minimum absolute atomic E-state index is 0.133. The lowest BCUT2D eigenvalue weighted by atomic mass is 10.2. The molecule has 0 bridgehead atoms. The molecule has 0 heterocycles. The van der Waals surface area contributed by atoms with E-state index in [1.807, 2.05) is 0 Å². The van der Waals surface area contributed by atoms with Crippen LogP contribution < -0.4 is 4.31 Å². The molecule has 0 saturated heterocycles. The minimum Gasteiger partial charge on any atom is -0.478 e. The zero-order chi connectivity index (χ0) is 12.3. The van der Waals surface area contributed by atoms with Crippen LogP contribution in [0.4, 0.5) is 5.69 Å². The van der Waals surface area contributed by atoms with Crippen molar-refractivity contribution in [1.82, 2.24) is 0 Å². The second-order valence-corrected chi connectivity index (χ2v) is 5.19. The van der Waals surface area contributed by atoms with E-state index in [-0.39, 0.29) is 5.56 Å². The molecule has 1 aromatic carbocycles. The van der Waals surface area contributed by atoms with Gasteiger partial charge in [-0.3, -0.25) is 4.31 Å². The predicted molar refractivity (Wildman–Crippen MR) is 61.3 cm³/mol. The first kappa shape index (κ1) is 12.5. The number of aromatic carboxylic acids is 1. The van der Waals surface area contributed by atoms with Gasteiger partial charge in [-0.2, -0.15) is 0 Å². The van der Waals surface area contributed by atoms with E-state index < -0.39 is 16.0 Å². The molecular weight excluding hydrogens is 230 g/mol. The largest absolute Gasteiger partial charge is 0.478 e. The van der Waals surface area contributed by atoms with Crippen molar-refractivity contribution >= 4 is 21.7 Å². The van der Waals surface area contributed by atoms with Crippen molar-refractivity contribution in [2.45, 2.75) is 6.92 Å². The Morgan fingerprint density at radius 1 is 1.31 bits per heavy atom. The topological polar surface area (TPSA) is 74.7 Å². The van der Waals surface area contributed by atoms with Gasteiger partial charge in [0, 0.05) is 6.54 Å². The number of hydrogen-bond donors (Lipinski definition) is 1. The van der Waals surface area contributed by atoms with Crippen molar-refractivity contribution < 1.29 is 18.3 Å². The molecule has 0 spiro atoms. The monoisotopic (exact) mass is 243 g/mol. The summed E-state index contributed by atoms with van der Waals surface area (Å²) in [6, 6.07) is 5.72. The second-order valence-electron chi connectivity index (χ2n) is 3.28. The number of anilines is 1. The Morgan fingerprint density at radius 2 is 1.81 bits per heavy atom. The van der Waals surface area contributed by atoms with Crippen molar-refractivity contribution in [2.75, 3.05) is 17.1 Å². The van der Waals surface area contributed by atoms with Gasteiger partial charge in [0.05, 0.1) is 17.5 Å². The fourth-order valence-electron chi connectivity index (χ4n) is 1.38. The van der Waals surface area contributed by atoms with E-state index in [2.05, 4.69) is 0 Å². The van der Waals surface area contributed by atoms with Gasteiger partial charge in [0.25, 0.3) is 0 Å². The molecule has 16 heavy (non-hydrogen) atoms. The zero-order valence-corrected chi connectivity index (χ0v) is 9.86. The van der Waals surface area contributed by atoms with E-state index in [9.17, 15) is 13.2 Å². The summed E-state index contributed by atoms with van der Waals surface area (Å²) in [6.45, 7) is 2.03. The summed E-state index contributed by atoms with van der Waals surface area (Å²) in [7, 11) is -3.32. The molecule has 0 aromatic heterocycles. The maximum atomic E-state index is 11.4. The summed E-state index contributed by atoms with van der Waals surface area (Å²) in [5.74, 6) is -1.03. The van der Waals surface area contributed by atoms with Gasteiger partial charge >= 0.3 is 5.97 Å². The lowest BCUT2D eigenvalue weighted by molar-refractivity contribution is 0.0697. The maximum Gasteiger partial charge on any atom is 0.335 e. The molecule has 6 heteroatoms. The van der Waals surface area contributed by atoms with Crippen LogP contribution >= 0.6 is 0 Å². The SMILES string of the molecule is CCN(c1ccc(C(=O)O)cc1)S(C)(=O)=O. The Kier molecular flexibility index (Phi) is 3.54. The second kappa shape index (κ2) is 4.52. The molecule has 0 amide bonds. The highest BCUT2D eigenvalue weighted by atomic mass is 32.2. The zero-order valence-electron chi connectivity index (χ0n) is 9.04. The van der Waals surface area contributed by atoms with Gasteiger partial charge < -0.3 is 5.11 Å².